The average Bonchev–Trinajstić information content (AvgIpc) is 2.66. The van der Waals surface area contributed by atoms with Crippen molar-refractivity contribution in [2.75, 3.05) is 13.2 Å². The van der Waals surface area contributed by atoms with Gasteiger partial charge in [0.1, 0.15) is 18.5 Å². The number of halogens is 1. The Morgan fingerprint density at radius 3 is 2.84 bits per heavy atom. The average molecular weight is 287 g/mol. The van der Waals surface area contributed by atoms with Crippen molar-refractivity contribution in [2.45, 2.75) is 25.7 Å². The zero-order valence-electron chi connectivity index (χ0n) is 10.7. The first-order valence-corrected chi connectivity index (χ1v) is 6.22. The van der Waals surface area contributed by atoms with E-state index in [0.29, 0.717) is 19.0 Å². The summed E-state index contributed by atoms with van der Waals surface area (Å²) in [7, 11) is 0. The monoisotopic (exact) mass is 286 g/mol. The Kier molecular flexibility index (Phi) is 3.99. The van der Waals surface area contributed by atoms with Gasteiger partial charge in [0.15, 0.2) is 5.79 Å². The van der Waals surface area contributed by atoms with Gasteiger partial charge in [-0.25, -0.2) is 4.79 Å². The van der Waals surface area contributed by atoms with Crippen molar-refractivity contribution >= 4 is 17.6 Å². The van der Waals surface area contributed by atoms with Gasteiger partial charge >= 0.3 is 5.97 Å². The van der Waals surface area contributed by atoms with E-state index in [4.69, 9.17) is 30.9 Å². The van der Waals surface area contributed by atoms with E-state index in [1.54, 1.807) is 6.07 Å². The summed E-state index contributed by atoms with van der Waals surface area (Å²) in [5.41, 5.74) is 0.0515. The highest BCUT2D eigenvalue weighted by Crippen LogP contribution is 2.25. The molecule has 6 heteroatoms. The fourth-order valence-corrected chi connectivity index (χ4v) is 2.04. The van der Waals surface area contributed by atoms with Crippen molar-refractivity contribution in [1.82, 2.24) is 0 Å². The maximum Gasteiger partial charge on any atom is 0.337 e. The molecule has 0 aliphatic carbocycles. The Balaban J connectivity index is 1.94. The number of carboxylic acids is 1. The van der Waals surface area contributed by atoms with E-state index >= 15 is 0 Å². The molecule has 1 aromatic rings. The fraction of sp³-hybridized carbons (Fsp3) is 0.462. The molecule has 0 radical (unpaired) electrons. The number of carboxylic acid groups (broad SMARTS) is 1. The number of rotatable bonds is 4. The lowest BCUT2D eigenvalue weighted by atomic mass is 10.2. The van der Waals surface area contributed by atoms with E-state index in [9.17, 15) is 4.79 Å². The van der Waals surface area contributed by atoms with Crippen LogP contribution in [0.1, 0.15) is 24.2 Å². The second-order valence-corrected chi connectivity index (χ2v) is 5.12. The van der Waals surface area contributed by atoms with E-state index < -0.39 is 11.8 Å². The predicted molar refractivity (Wildman–Crippen MR) is 68.8 cm³/mol. The number of hydrogen-bond acceptors (Lipinski definition) is 4. The molecule has 0 aromatic heterocycles. The Bertz CT molecular complexity index is 486. The zero-order valence-corrected chi connectivity index (χ0v) is 11.4. The topological polar surface area (TPSA) is 65.0 Å². The van der Waals surface area contributed by atoms with Gasteiger partial charge in [-0.15, -0.1) is 0 Å². The summed E-state index contributed by atoms with van der Waals surface area (Å²) >= 11 is 5.85. The number of benzene rings is 1. The molecule has 1 aliphatic heterocycles. The predicted octanol–water partition coefficient (Wildman–Crippen LogP) is 2.57. The number of ether oxygens (including phenoxy) is 3. The summed E-state index contributed by atoms with van der Waals surface area (Å²) in [4.78, 5) is 10.8. The van der Waals surface area contributed by atoms with E-state index in [-0.39, 0.29) is 16.7 Å². The molecule has 1 aromatic carbocycles. The lowest BCUT2D eigenvalue weighted by molar-refractivity contribution is -0.141. The molecule has 1 heterocycles. The smallest absolute Gasteiger partial charge is 0.337 e. The van der Waals surface area contributed by atoms with Crippen LogP contribution in [0.2, 0.25) is 5.02 Å². The molecule has 0 spiro atoms. The first-order chi connectivity index (χ1) is 8.87. The van der Waals surface area contributed by atoms with Crippen LogP contribution >= 0.6 is 11.6 Å². The summed E-state index contributed by atoms with van der Waals surface area (Å²) in [6, 6.07) is 4.46. The highest BCUT2D eigenvalue weighted by molar-refractivity contribution is 6.33. The van der Waals surface area contributed by atoms with Crippen LogP contribution < -0.4 is 4.74 Å². The van der Waals surface area contributed by atoms with Crippen molar-refractivity contribution < 1.29 is 24.1 Å². The fourth-order valence-electron chi connectivity index (χ4n) is 1.79. The molecule has 1 atom stereocenters. The SMILES string of the molecule is CC1(C)OCC(COc2ccc(C(=O)O)c(Cl)c2)O1. The van der Waals surface area contributed by atoms with Crippen LogP contribution in [-0.2, 0) is 9.47 Å². The highest BCUT2D eigenvalue weighted by atomic mass is 35.5. The lowest BCUT2D eigenvalue weighted by Crippen LogP contribution is -2.25. The van der Waals surface area contributed by atoms with E-state index in [0.717, 1.165) is 0 Å². The third-order valence-corrected chi connectivity index (χ3v) is 2.99. The van der Waals surface area contributed by atoms with Crippen LogP contribution in [0.4, 0.5) is 0 Å². The molecule has 1 N–H and O–H groups in total. The normalized spacial score (nSPS) is 21.3. The van der Waals surface area contributed by atoms with Crippen LogP contribution in [0, 0.1) is 0 Å². The van der Waals surface area contributed by atoms with Crippen LogP contribution in [-0.4, -0.2) is 36.2 Å². The Labute approximate surface area is 116 Å². The van der Waals surface area contributed by atoms with Crippen molar-refractivity contribution in [2.24, 2.45) is 0 Å². The minimum atomic E-state index is -1.06. The molecule has 1 saturated heterocycles. The molecule has 104 valence electrons. The number of carbonyl (C=O) groups is 1. The van der Waals surface area contributed by atoms with Crippen molar-refractivity contribution in [3.05, 3.63) is 28.8 Å². The standard InChI is InChI=1S/C13H15ClO5/c1-13(2)18-7-9(19-13)6-17-8-3-4-10(12(15)16)11(14)5-8/h3-5,9H,6-7H2,1-2H3,(H,15,16). The van der Waals surface area contributed by atoms with E-state index in [1.165, 1.54) is 12.1 Å². The summed E-state index contributed by atoms with van der Waals surface area (Å²) in [5.74, 6) is -1.15. The molecular weight excluding hydrogens is 272 g/mol. The molecule has 1 aliphatic rings. The maximum absolute atomic E-state index is 10.8. The zero-order chi connectivity index (χ0) is 14.0. The van der Waals surface area contributed by atoms with Crippen LogP contribution in [0.25, 0.3) is 0 Å². The van der Waals surface area contributed by atoms with Gasteiger partial charge < -0.3 is 19.3 Å². The summed E-state index contributed by atoms with van der Waals surface area (Å²) in [5, 5.41) is 9.00. The lowest BCUT2D eigenvalue weighted by Gasteiger charge is -2.17. The van der Waals surface area contributed by atoms with Gasteiger partial charge in [-0.3, -0.25) is 0 Å². The van der Waals surface area contributed by atoms with Crippen LogP contribution in [0.15, 0.2) is 18.2 Å². The molecular formula is C13H15ClO5. The number of hydrogen-bond donors (Lipinski definition) is 1. The number of aromatic carboxylic acids is 1. The van der Waals surface area contributed by atoms with Crippen LogP contribution in [0.5, 0.6) is 5.75 Å². The Morgan fingerprint density at radius 1 is 1.58 bits per heavy atom. The molecule has 1 unspecified atom stereocenters. The summed E-state index contributed by atoms with van der Waals surface area (Å²) in [6.07, 6.45) is -0.145. The molecule has 0 bridgehead atoms. The van der Waals surface area contributed by atoms with Gasteiger partial charge in [-0.05, 0) is 32.0 Å². The van der Waals surface area contributed by atoms with Gasteiger partial charge in [0.05, 0.1) is 17.2 Å². The Morgan fingerprint density at radius 2 is 2.32 bits per heavy atom. The quantitative estimate of drug-likeness (QED) is 0.921. The van der Waals surface area contributed by atoms with Gasteiger partial charge in [-0.1, -0.05) is 11.6 Å². The minimum absolute atomic E-state index is 0.0515. The third-order valence-electron chi connectivity index (χ3n) is 2.67. The molecule has 0 saturated carbocycles. The molecule has 1 fully saturated rings. The molecule has 2 rings (SSSR count). The third kappa shape index (κ3) is 3.59. The molecule has 5 nitrogen and oxygen atoms in total. The maximum atomic E-state index is 10.8. The minimum Gasteiger partial charge on any atom is -0.491 e. The van der Waals surface area contributed by atoms with Crippen LogP contribution in [0.3, 0.4) is 0 Å². The highest BCUT2D eigenvalue weighted by Gasteiger charge is 2.32. The van der Waals surface area contributed by atoms with E-state index in [2.05, 4.69) is 0 Å². The second kappa shape index (κ2) is 5.36. The van der Waals surface area contributed by atoms with Gasteiger partial charge in [0, 0.05) is 0 Å². The molecule has 19 heavy (non-hydrogen) atoms. The van der Waals surface area contributed by atoms with Crippen molar-refractivity contribution in [3.63, 3.8) is 0 Å². The van der Waals surface area contributed by atoms with Crippen molar-refractivity contribution in [1.29, 1.82) is 0 Å². The largest absolute Gasteiger partial charge is 0.491 e. The van der Waals surface area contributed by atoms with Gasteiger partial charge in [0.2, 0.25) is 0 Å². The van der Waals surface area contributed by atoms with E-state index in [1.807, 2.05) is 13.8 Å². The Hall–Kier alpha value is -1.30. The summed E-state index contributed by atoms with van der Waals surface area (Å²) < 4.78 is 16.5. The summed E-state index contributed by atoms with van der Waals surface area (Å²) in [6.45, 7) is 4.47. The first kappa shape index (κ1) is 14.1. The molecule has 0 amide bonds. The second-order valence-electron chi connectivity index (χ2n) is 4.71. The van der Waals surface area contributed by atoms with Gasteiger partial charge in [-0.2, -0.15) is 0 Å². The van der Waals surface area contributed by atoms with Gasteiger partial charge in [0.25, 0.3) is 0 Å². The van der Waals surface area contributed by atoms with Crippen molar-refractivity contribution in [3.8, 4) is 5.75 Å². The first-order valence-electron chi connectivity index (χ1n) is 5.85.